The van der Waals surface area contributed by atoms with E-state index in [1.54, 1.807) is 0 Å². The molecule has 0 bridgehead atoms. The lowest BCUT2D eigenvalue weighted by molar-refractivity contribution is -0.126. The second-order valence-electron chi connectivity index (χ2n) is 8.17. The van der Waals surface area contributed by atoms with E-state index in [9.17, 15) is 4.79 Å². The average Bonchev–Trinajstić information content (AvgIpc) is 3.29. The number of rotatable bonds is 13. The van der Waals surface area contributed by atoms with Gasteiger partial charge in [0.05, 0.1) is 6.61 Å². The molecule has 0 fully saturated rings. The van der Waals surface area contributed by atoms with E-state index in [0.717, 1.165) is 36.1 Å². The quantitative estimate of drug-likeness (QED) is 0.444. The third kappa shape index (κ3) is 7.19. The molecule has 1 aliphatic heterocycles. The summed E-state index contributed by atoms with van der Waals surface area (Å²) in [6.45, 7) is 3.55. The van der Waals surface area contributed by atoms with Crippen molar-refractivity contribution in [2.75, 3.05) is 26.4 Å². The normalized spacial score (nSPS) is 17.6. The molecule has 0 radical (unpaired) electrons. The predicted molar refractivity (Wildman–Crippen MR) is 131 cm³/mol. The van der Waals surface area contributed by atoms with Crippen LogP contribution in [0.25, 0.3) is 6.08 Å². The van der Waals surface area contributed by atoms with Crippen molar-refractivity contribution in [3.8, 4) is 5.75 Å². The third-order valence-electron chi connectivity index (χ3n) is 5.49. The van der Waals surface area contributed by atoms with Crippen molar-refractivity contribution in [2.24, 2.45) is 4.99 Å². The van der Waals surface area contributed by atoms with Gasteiger partial charge in [0.2, 0.25) is 5.90 Å². The van der Waals surface area contributed by atoms with E-state index in [1.165, 1.54) is 0 Å². The first-order valence-electron chi connectivity index (χ1n) is 11.7. The van der Waals surface area contributed by atoms with Gasteiger partial charge in [0.15, 0.2) is 5.54 Å². The Bertz CT molecular complexity index is 925. The molecule has 6 nitrogen and oxygen atoms in total. The Morgan fingerprint density at radius 1 is 1.15 bits per heavy atom. The van der Waals surface area contributed by atoms with Crippen LogP contribution in [-0.2, 0) is 9.53 Å². The van der Waals surface area contributed by atoms with Crippen LogP contribution in [0.5, 0.6) is 5.75 Å². The van der Waals surface area contributed by atoms with Crippen molar-refractivity contribution in [1.29, 1.82) is 0 Å². The maximum Gasteiger partial charge on any atom is 0.251 e. The first kappa shape index (κ1) is 24.5. The van der Waals surface area contributed by atoms with Gasteiger partial charge in [-0.3, -0.25) is 4.79 Å². The van der Waals surface area contributed by atoms with Gasteiger partial charge < -0.3 is 19.9 Å². The van der Waals surface area contributed by atoms with Crippen molar-refractivity contribution in [2.45, 2.75) is 44.6 Å². The Labute approximate surface area is 196 Å². The number of carbonyl (C=O) groups is 1. The van der Waals surface area contributed by atoms with E-state index < -0.39 is 5.54 Å². The molecule has 0 aliphatic carbocycles. The van der Waals surface area contributed by atoms with Gasteiger partial charge in [-0.25, -0.2) is 4.99 Å². The molecule has 0 unspecified atom stereocenters. The Morgan fingerprint density at radius 2 is 1.94 bits per heavy atom. The molecule has 1 atom stereocenters. The Kier molecular flexibility index (Phi) is 9.51. The maximum absolute atomic E-state index is 13.2. The van der Waals surface area contributed by atoms with Crippen molar-refractivity contribution in [3.05, 3.63) is 71.8 Å². The first-order chi connectivity index (χ1) is 16.2. The number of hydrogen-bond donors (Lipinski definition) is 2. The van der Waals surface area contributed by atoms with Crippen LogP contribution in [0.3, 0.4) is 0 Å². The van der Waals surface area contributed by atoms with Crippen molar-refractivity contribution >= 4 is 17.9 Å². The molecule has 0 saturated heterocycles. The van der Waals surface area contributed by atoms with Crippen molar-refractivity contribution in [1.82, 2.24) is 5.32 Å². The molecule has 33 heavy (non-hydrogen) atoms. The maximum atomic E-state index is 13.2. The fraction of sp³-hybridized carbons (Fsp3) is 0.407. The number of amides is 1. The second kappa shape index (κ2) is 12.8. The molecule has 0 spiro atoms. The van der Waals surface area contributed by atoms with Gasteiger partial charge in [0.1, 0.15) is 12.4 Å². The molecule has 6 heteroatoms. The average molecular weight is 451 g/mol. The molecule has 176 valence electrons. The lowest BCUT2D eigenvalue weighted by Crippen LogP contribution is -2.46. The molecule has 2 aromatic rings. The lowest BCUT2D eigenvalue weighted by atomic mass is 9.95. The summed E-state index contributed by atoms with van der Waals surface area (Å²) in [5, 5.41) is 11.9. The highest BCUT2D eigenvalue weighted by Crippen LogP contribution is 2.28. The molecule has 1 heterocycles. The van der Waals surface area contributed by atoms with Gasteiger partial charge in [0.25, 0.3) is 5.91 Å². The van der Waals surface area contributed by atoms with Gasteiger partial charge in [-0.05, 0) is 36.2 Å². The van der Waals surface area contributed by atoms with Crippen molar-refractivity contribution in [3.63, 3.8) is 0 Å². The van der Waals surface area contributed by atoms with Gasteiger partial charge >= 0.3 is 0 Å². The SMILES string of the molecule is CCCCCNC(=O)[C@@]1(C/C=C/c2ccccc2)COC(c2ccc(OCCCO)cc2)=N1. The molecule has 0 aromatic heterocycles. The van der Waals surface area contributed by atoms with Crippen molar-refractivity contribution < 1.29 is 19.4 Å². The molecule has 1 amide bonds. The van der Waals surface area contributed by atoms with E-state index in [2.05, 4.69) is 12.2 Å². The minimum Gasteiger partial charge on any atom is -0.494 e. The summed E-state index contributed by atoms with van der Waals surface area (Å²) in [4.78, 5) is 18.0. The monoisotopic (exact) mass is 450 g/mol. The van der Waals surface area contributed by atoms with Crippen LogP contribution in [-0.4, -0.2) is 48.8 Å². The molecule has 1 aliphatic rings. The van der Waals surface area contributed by atoms with Crippen LogP contribution in [0, 0.1) is 0 Å². The number of aliphatic hydroxyl groups is 1. The molecule has 3 rings (SSSR count). The van der Waals surface area contributed by atoms with E-state index in [1.807, 2.05) is 66.7 Å². The fourth-order valence-corrected chi connectivity index (χ4v) is 3.55. The highest BCUT2D eigenvalue weighted by atomic mass is 16.5. The number of carbonyl (C=O) groups excluding carboxylic acids is 1. The molecular formula is C27H34N2O4. The zero-order chi connectivity index (χ0) is 23.4. The standard InChI is InChI=1S/C27H34N2O4/c1-2-3-7-18-28-26(31)27(17-8-12-22-10-5-4-6-11-22)21-33-25(29-27)23-13-15-24(16-14-23)32-20-9-19-30/h4-6,8,10-16,30H,2-3,7,9,17-21H2,1H3,(H,28,31)/b12-8+/t27-/m1/s1. The summed E-state index contributed by atoms with van der Waals surface area (Å²) in [6, 6.07) is 17.5. The number of aliphatic imine (C=N–C) groups is 1. The minimum atomic E-state index is -0.983. The summed E-state index contributed by atoms with van der Waals surface area (Å²) in [5.41, 5.74) is 0.900. The number of ether oxygens (including phenoxy) is 2. The third-order valence-corrected chi connectivity index (χ3v) is 5.49. The first-order valence-corrected chi connectivity index (χ1v) is 11.7. The largest absolute Gasteiger partial charge is 0.494 e. The highest BCUT2D eigenvalue weighted by molar-refractivity contribution is 6.00. The summed E-state index contributed by atoms with van der Waals surface area (Å²) < 4.78 is 11.5. The number of aliphatic hydroxyl groups excluding tert-OH is 1. The Balaban J connectivity index is 1.74. The zero-order valence-corrected chi connectivity index (χ0v) is 19.3. The number of nitrogens with one attached hydrogen (secondary N) is 1. The van der Waals surface area contributed by atoms with Crippen LogP contribution >= 0.6 is 0 Å². The molecule has 2 aromatic carbocycles. The summed E-state index contributed by atoms with van der Waals surface area (Å²) in [6.07, 6.45) is 8.18. The summed E-state index contributed by atoms with van der Waals surface area (Å²) >= 11 is 0. The molecule has 2 N–H and O–H groups in total. The molecule has 0 saturated carbocycles. The van der Waals surface area contributed by atoms with E-state index >= 15 is 0 Å². The number of hydrogen-bond acceptors (Lipinski definition) is 5. The van der Waals surface area contributed by atoms with Gasteiger partial charge in [-0.2, -0.15) is 0 Å². The smallest absolute Gasteiger partial charge is 0.251 e. The van der Waals surface area contributed by atoms with Crippen LogP contribution < -0.4 is 10.1 Å². The Hall–Kier alpha value is -3.12. The number of benzene rings is 2. The van der Waals surface area contributed by atoms with E-state index in [-0.39, 0.29) is 19.1 Å². The van der Waals surface area contributed by atoms with Crippen LogP contribution in [0.2, 0.25) is 0 Å². The number of unbranched alkanes of at least 4 members (excludes halogenated alkanes) is 2. The fourth-order valence-electron chi connectivity index (χ4n) is 3.55. The Morgan fingerprint density at radius 3 is 2.67 bits per heavy atom. The summed E-state index contributed by atoms with van der Waals surface area (Å²) in [7, 11) is 0. The highest BCUT2D eigenvalue weighted by Gasteiger charge is 2.43. The van der Waals surface area contributed by atoms with Crippen LogP contribution in [0.1, 0.15) is 50.2 Å². The second-order valence-corrected chi connectivity index (χ2v) is 8.17. The summed E-state index contributed by atoms with van der Waals surface area (Å²) in [5.74, 6) is 1.08. The van der Waals surface area contributed by atoms with Crippen LogP contribution in [0.15, 0.2) is 65.7 Å². The topological polar surface area (TPSA) is 80.2 Å². The zero-order valence-electron chi connectivity index (χ0n) is 19.3. The van der Waals surface area contributed by atoms with Crippen LogP contribution in [0.4, 0.5) is 0 Å². The van der Waals surface area contributed by atoms with E-state index in [4.69, 9.17) is 19.6 Å². The minimum absolute atomic E-state index is 0.101. The van der Waals surface area contributed by atoms with Gasteiger partial charge in [-0.15, -0.1) is 0 Å². The molecular weight excluding hydrogens is 416 g/mol. The number of nitrogens with zero attached hydrogens (tertiary/aromatic N) is 1. The lowest BCUT2D eigenvalue weighted by Gasteiger charge is -2.21. The van der Waals surface area contributed by atoms with Gasteiger partial charge in [-0.1, -0.05) is 62.2 Å². The van der Waals surface area contributed by atoms with E-state index in [0.29, 0.717) is 31.9 Å². The predicted octanol–water partition coefficient (Wildman–Crippen LogP) is 4.37. The van der Waals surface area contributed by atoms with Gasteiger partial charge in [0, 0.05) is 31.6 Å².